The number of hydrogen-bond donors (Lipinski definition) is 3. The Labute approximate surface area is 498 Å². The summed E-state index contributed by atoms with van der Waals surface area (Å²) in [4.78, 5) is 23.4. The Kier molecular flexibility index (Phi) is 60.4. The van der Waals surface area contributed by atoms with Crippen molar-refractivity contribution in [3.8, 4) is 0 Å². The Hall–Kier alpha value is -1.80. The number of phosphoric acid groups is 1. The SMILES string of the molecule is CCCCCCC/C=C\C/C=C\C/C=C\CCCCCCCCCCCCCCCCCCCCC(=O)NC(COP(=O)(O)OCC[N+](C)(C)C)C(O)/C=C/CC/C=C/CCCCCCCCCCCCCCCCCCCCC. The summed E-state index contributed by atoms with van der Waals surface area (Å²) in [6.45, 7) is 4.83. The molecule has 3 N–H and O–H groups in total. The molecule has 0 spiro atoms. The van der Waals surface area contributed by atoms with Gasteiger partial charge in [-0.3, -0.25) is 13.8 Å². The standard InChI is InChI=1S/C71H135N2O6P/c1-6-8-10-12-14-16-18-20-22-24-26-28-30-32-33-34-35-36-37-38-39-41-43-45-47-49-51-53-55-57-59-61-63-65-71(75)72-69(68-79-80(76,77)78-67-66-73(3,4)5)70(74)64-62-60-58-56-54-52-50-48-46-44-42-40-31-29-27-25-23-21-19-17-15-13-11-9-7-2/h18,20,24,26,30,32,54,56,62,64,69-70,74H,6-17,19,21-23,25,27-29,31,33-53,55,57-61,63,65-68H2,1-5H3,(H-,72,75,76,77)/p+1/b20-18-,26-24-,32-30-,56-54+,64-62+. The second kappa shape index (κ2) is 61.8. The molecular formula is C71H136N2O6P+. The number of rotatable bonds is 64. The molecule has 0 aromatic rings. The van der Waals surface area contributed by atoms with E-state index in [1.807, 2.05) is 27.2 Å². The lowest BCUT2D eigenvalue weighted by Gasteiger charge is -2.25. The Morgan fingerprint density at radius 3 is 1.09 bits per heavy atom. The Balaban J connectivity index is 4.09. The number of aliphatic hydroxyl groups excluding tert-OH is 1. The molecule has 0 aromatic heterocycles. The average molecular weight is 1140 g/mol. The number of allylic oxidation sites excluding steroid dienone is 9. The summed E-state index contributed by atoms with van der Waals surface area (Å²) in [7, 11) is 1.56. The fraction of sp³-hybridized carbons (Fsp3) is 0.845. The van der Waals surface area contributed by atoms with Crippen molar-refractivity contribution in [1.29, 1.82) is 0 Å². The molecule has 0 bridgehead atoms. The van der Waals surface area contributed by atoms with Crippen molar-refractivity contribution in [1.82, 2.24) is 5.32 Å². The molecule has 0 saturated heterocycles. The smallest absolute Gasteiger partial charge is 0.387 e. The first-order valence-corrected chi connectivity index (χ1v) is 36.2. The number of hydrogen-bond acceptors (Lipinski definition) is 5. The maximum Gasteiger partial charge on any atom is 0.472 e. The molecule has 0 rings (SSSR count). The zero-order valence-corrected chi connectivity index (χ0v) is 54.7. The molecule has 0 aliphatic carbocycles. The summed E-state index contributed by atoms with van der Waals surface area (Å²) in [5.74, 6) is -0.182. The number of aliphatic hydroxyl groups is 1. The van der Waals surface area contributed by atoms with Crippen molar-refractivity contribution < 1.29 is 32.9 Å². The summed E-state index contributed by atoms with van der Waals surface area (Å²) in [5.41, 5.74) is 0. The van der Waals surface area contributed by atoms with Crippen LogP contribution in [-0.2, 0) is 18.4 Å². The van der Waals surface area contributed by atoms with Crippen LogP contribution in [-0.4, -0.2) is 73.4 Å². The first kappa shape index (κ1) is 78.2. The molecule has 9 heteroatoms. The van der Waals surface area contributed by atoms with Gasteiger partial charge in [0.2, 0.25) is 5.91 Å². The number of phosphoric ester groups is 1. The van der Waals surface area contributed by atoms with E-state index in [1.165, 1.54) is 263 Å². The Bertz CT molecular complexity index is 1490. The summed E-state index contributed by atoms with van der Waals surface area (Å²) in [5, 5.41) is 14.0. The van der Waals surface area contributed by atoms with E-state index in [2.05, 4.69) is 67.8 Å². The number of carbonyl (C=O) groups is 1. The van der Waals surface area contributed by atoms with Gasteiger partial charge in [0.25, 0.3) is 0 Å². The quantitative estimate of drug-likeness (QED) is 0.0243. The second-order valence-electron chi connectivity index (χ2n) is 24.9. The third-order valence-corrected chi connectivity index (χ3v) is 16.7. The number of unbranched alkanes of at least 4 members (excludes halogenated alkanes) is 43. The lowest BCUT2D eigenvalue weighted by atomic mass is 10.0. The van der Waals surface area contributed by atoms with Crippen molar-refractivity contribution >= 4 is 13.7 Å². The summed E-state index contributed by atoms with van der Waals surface area (Å²) in [6, 6.07) is -0.866. The van der Waals surface area contributed by atoms with E-state index in [9.17, 15) is 19.4 Å². The zero-order valence-electron chi connectivity index (χ0n) is 53.8. The highest BCUT2D eigenvalue weighted by Gasteiger charge is 2.28. The van der Waals surface area contributed by atoms with E-state index in [1.54, 1.807) is 6.08 Å². The molecule has 0 aliphatic rings. The third kappa shape index (κ3) is 63.8. The van der Waals surface area contributed by atoms with E-state index in [-0.39, 0.29) is 19.1 Å². The second-order valence-corrected chi connectivity index (χ2v) is 26.4. The summed E-state index contributed by atoms with van der Waals surface area (Å²) >= 11 is 0. The van der Waals surface area contributed by atoms with Gasteiger partial charge in [-0.05, 0) is 70.6 Å². The number of nitrogens with one attached hydrogen (secondary N) is 1. The summed E-state index contributed by atoms with van der Waals surface area (Å²) < 4.78 is 23.8. The van der Waals surface area contributed by atoms with E-state index in [0.717, 1.165) is 51.4 Å². The average Bonchev–Trinajstić information content (AvgIpc) is 3.42. The van der Waals surface area contributed by atoms with Crippen LogP contribution in [0, 0.1) is 0 Å². The highest BCUT2D eigenvalue weighted by atomic mass is 31.2. The van der Waals surface area contributed by atoms with Gasteiger partial charge < -0.3 is 19.8 Å². The fourth-order valence-electron chi connectivity index (χ4n) is 10.3. The number of quaternary nitrogens is 1. The van der Waals surface area contributed by atoms with Crippen LogP contribution in [0.1, 0.15) is 335 Å². The predicted molar refractivity (Wildman–Crippen MR) is 350 cm³/mol. The molecule has 0 fully saturated rings. The monoisotopic (exact) mass is 1140 g/mol. The lowest BCUT2D eigenvalue weighted by Crippen LogP contribution is -2.45. The van der Waals surface area contributed by atoms with Crippen molar-refractivity contribution in [3.63, 3.8) is 0 Å². The van der Waals surface area contributed by atoms with Gasteiger partial charge in [-0.15, -0.1) is 0 Å². The molecule has 3 atom stereocenters. The van der Waals surface area contributed by atoms with Crippen LogP contribution in [0.15, 0.2) is 60.8 Å². The third-order valence-electron chi connectivity index (χ3n) is 15.7. The van der Waals surface area contributed by atoms with Gasteiger partial charge in [0.15, 0.2) is 0 Å². The molecule has 8 nitrogen and oxygen atoms in total. The van der Waals surface area contributed by atoms with Gasteiger partial charge in [-0.25, -0.2) is 4.57 Å². The molecule has 0 aromatic carbocycles. The predicted octanol–water partition coefficient (Wildman–Crippen LogP) is 22.0. The van der Waals surface area contributed by atoms with Crippen LogP contribution < -0.4 is 5.32 Å². The van der Waals surface area contributed by atoms with Crippen molar-refractivity contribution in [2.75, 3.05) is 40.9 Å². The van der Waals surface area contributed by atoms with Gasteiger partial charge in [0.1, 0.15) is 13.2 Å². The van der Waals surface area contributed by atoms with E-state index in [4.69, 9.17) is 9.05 Å². The largest absolute Gasteiger partial charge is 0.472 e. The normalized spacial score (nSPS) is 14.0. The highest BCUT2D eigenvalue weighted by Crippen LogP contribution is 2.43. The van der Waals surface area contributed by atoms with E-state index < -0.39 is 20.0 Å². The molecule has 3 unspecified atom stereocenters. The maximum atomic E-state index is 13.0. The molecule has 0 radical (unpaired) electrons. The number of carbonyl (C=O) groups excluding carboxylic acids is 1. The Morgan fingerprint density at radius 2 is 0.725 bits per heavy atom. The first-order chi connectivity index (χ1) is 39.0. The number of amides is 1. The van der Waals surface area contributed by atoms with Crippen LogP contribution in [0.5, 0.6) is 0 Å². The van der Waals surface area contributed by atoms with Crippen molar-refractivity contribution in [2.24, 2.45) is 0 Å². The Morgan fingerprint density at radius 1 is 0.425 bits per heavy atom. The molecular weight excluding hydrogens is 1010 g/mol. The van der Waals surface area contributed by atoms with Gasteiger partial charge >= 0.3 is 7.82 Å². The van der Waals surface area contributed by atoms with Crippen molar-refractivity contribution in [2.45, 2.75) is 347 Å². The number of nitrogens with zero attached hydrogens (tertiary/aromatic N) is 1. The fourth-order valence-corrected chi connectivity index (χ4v) is 11.0. The molecule has 470 valence electrons. The minimum absolute atomic E-state index is 0.0562. The zero-order chi connectivity index (χ0) is 58.4. The van der Waals surface area contributed by atoms with Crippen LogP contribution >= 0.6 is 7.82 Å². The molecule has 0 aliphatic heterocycles. The van der Waals surface area contributed by atoms with Crippen LogP contribution in [0.4, 0.5) is 0 Å². The van der Waals surface area contributed by atoms with Crippen molar-refractivity contribution in [3.05, 3.63) is 60.8 Å². The molecule has 80 heavy (non-hydrogen) atoms. The van der Waals surface area contributed by atoms with Gasteiger partial charge in [0, 0.05) is 6.42 Å². The van der Waals surface area contributed by atoms with Gasteiger partial charge in [-0.1, -0.05) is 319 Å². The van der Waals surface area contributed by atoms with E-state index in [0.29, 0.717) is 17.4 Å². The maximum absolute atomic E-state index is 13.0. The van der Waals surface area contributed by atoms with Crippen LogP contribution in [0.3, 0.4) is 0 Å². The first-order valence-electron chi connectivity index (χ1n) is 34.7. The topological polar surface area (TPSA) is 105 Å². The minimum Gasteiger partial charge on any atom is -0.387 e. The van der Waals surface area contributed by atoms with Gasteiger partial charge in [0.05, 0.1) is 39.9 Å². The van der Waals surface area contributed by atoms with Crippen LogP contribution in [0.25, 0.3) is 0 Å². The molecule has 0 saturated carbocycles. The molecule has 1 amide bonds. The van der Waals surface area contributed by atoms with Crippen LogP contribution in [0.2, 0.25) is 0 Å². The summed E-state index contributed by atoms with van der Waals surface area (Å²) in [6.07, 6.45) is 85.1. The van der Waals surface area contributed by atoms with Gasteiger partial charge in [-0.2, -0.15) is 0 Å². The number of likely N-dealkylation sites (N-methyl/N-ethyl adjacent to an activating group) is 1. The minimum atomic E-state index is -4.36. The highest BCUT2D eigenvalue weighted by molar-refractivity contribution is 7.47. The van der Waals surface area contributed by atoms with E-state index >= 15 is 0 Å². The lowest BCUT2D eigenvalue weighted by molar-refractivity contribution is -0.870. The molecule has 0 heterocycles.